The molecule has 92 valence electrons. The summed E-state index contributed by atoms with van der Waals surface area (Å²) in [6.45, 7) is 1.90. The molecule has 0 saturated heterocycles. The lowest BCUT2D eigenvalue weighted by atomic mass is 10.1. The highest BCUT2D eigenvalue weighted by Gasteiger charge is 2.16. The molecule has 0 fully saturated rings. The standard InChI is InChI=1S/C11H13BrClN3S/c1-6-11(13)8(16(2)15-6)5-7(14)9-3-4-10(12)17-9/h3-4,7H,5,14H2,1-2H3. The molecular formula is C11H13BrClN3S. The lowest BCUT2D eigenvalue weighted by molar-refractivity contribution is 0.646. The van der Waals surface area contributed by atoms with E-state index in [0.29, 0.717) is 6.42 Å². The maximum absolute atomic E-state index is 6.21. The van der Waals surface area contributed by atoms with Gasteiger partial charge >= 0.3 is 0 Å². The van der Waals surface area contributed by atoms with Gasteiger partial charge in [0.2, 0.25) is 0 Å². The van der Waals surface area contributed by atoms with Crippen molar-refractivity contribution in [3.8, 4) is 0 Å². The molecule has 0 radical (unpaired) electrons. The smallest absolute Gasteiger partial charge is 0.0847 e. The summed E-state index contributed by atoms with van der Waals surface area (Å²) in [6.07, 6.45) is 0.698. The van der Waals surface area contributed by atoms with E-state index in [4.69, 9.17) is 17.3 Å². The summed E-state index contributed by atoms with van der Waals surface area (Å²) in [6, 6.07) is 4.01. The van der Waals surface area contributed by atoms with Gasteiger partial charge in [0.1, 0.15) is 0 Å². The Morgan fingerprint density at radius 3 is 2.76 bits per heavy atom. The molecule has 2 aromatic rings. The van der Waals surface area contributed by atoms with Gasteiger partial charge in [-0.2, -0.15) is 5.10 Å². The Kier molecular flexibility index (Phi) is 3.92. The van der Waals surface area contributed by atoms with Gasteiger partial charge in [0, 0.05) is 24.4 Å². The average Bonchev–Trinajstić information content (AvgIpc) is 2.79. The topological polar surface area (TPSA) is 43.8 Å². The first-order chi connectivity index (χ1) is 7.99. The Hall–Kier alpha value is -0.360. The molecule has 17 heavy (non-hydrogen) atoms. The van der Waals surface area contributed by atoms with Crippen LogP contribution in [0.5, 0.6) is 0 Å². The molecule has 1 atom stereocenters. The third kappa shape index (κ3) is 2.73. The van der Waals surface area contributed by atoms with E-state index in [1.807, 2.05) is 26.1 Å². The lowest BCUT2D eigenvalue weighted by Crippen LogP contribution is -2.14. The summed E-state index contributed by atoms with van der Waals surface area (Å²) in [5.41, 5.74) is 8.02. The molecule has 2 rings (SSSR count). The van der Waals surface area contributed by atoms with E-state index in [1.165, 1.54) is 0 Å². The van der Waals surface area contributed by atoms with Gasteiger partial charge in [0.05, 0.1) is 20.2 Å². The fourth-order valence-corrected chi connectivity index (χ4v) is 3.40. The summed E-state index contributed by atoms with van der Waals surface area (Å²) >= 11 is 11.3. The van der Waals surface area contributed by atoms with Crippen molar-refractivity contribution in [2.45, 2.75) is 19.4 Å². The number of halogens is 2. The molecule has 0 aliphatic carbocycles. The van der Waals surface area contributed by atoms with Crippen molar-refractivity contribution < 1.29 is 0 Å². The van der Waals surface area contributed by atoms with Crippen molar-refractivity contribution in [3.63, 3.8) is 0 Å². The zero-order valence-corrected chi connectivity index (χ0v) is 12.7. The minimum atomic E-state index is -0.0430. The van der Waals surface area contributed by atoms with Gasteiger partial charge in [-0.15, -0.1) is 11.3 Å². The van der Waals surface area contributed by atoms with E-state index < -0.39 is 0 Å². The Morgan fingerprint density at radius 2 is 2.29 bits per heavy atom. The van der Waals surface area contributed by atoms with E-state index in [2.05, 4.69) is 21.0 Å². The molecule has 2 N–H and O–H groups in total. The molecule has 0 spiro atoms. The first kappa shape index (κ1) is 13.1. The number of aryl methyl sites for hydroxylation is 2. The molecular weight excluding hydrogens is 322 g/mol. The van der Waals surface area contributed by atoms with E-state index in [9.17, 15) is 0 Å². The van der Waals surface area contributed by atoms with Gasteiger partial charge in [0.25, 0.3) is 0 Å². The molecule has 6 heteroatoms. The molecule has 0 aliphatic heterocycles. The molecule has 0 saturated carbocycles. The number of aromatic nitrogens is 2. The molecule has 0 aromatic carbocycles. The molecule has 1 unspecified atom stereocenters. The quantitative estimate of drug-likeness (QED) is 0.934. The molecule has 3 nitrogen and oxygen atoms in total. The van der Waals surface area contributed by atoms with E-state index in [-0.39, 0.29) is 6.04 Å². The van der Waals surface area contributed by atoms with Crippen molar-refractivity contribution in [1.82, 2.24) is 9.78 Å². The second-order valence-electron chi connectivity index (χ2n) is 3.92. The van der Waals surface area contributed by atoms with Crippen molar-refractivity contribution in [3.05, 3.63) is 37.2 Å². The van der Waals surface area contributed by atoms with Crippen molar-refractivity contribution in [2.24, 2.45) is 12.8 Å². The third-order valence-electron chi connectivity index (χ3n) is 2.63. The van der Waals surface area contributed by atoms with E-state index in [1.54, 1.807) is 16.0 Å². The number of thiophene rings is 1. The normalized spacial score (nSPS) is 13.0. The SMILES string of the molecule is Cc1nn(C)c(CC(N)c2ccc(Br)s2)c1Cl. The number of nitrogens with zero attached hydrogens (tertiary/aromatic N) is 2. The Labute approximate surface area is 118 Å². The van der Waals surface area contributed by atoms with Gasteiger partial charge in [-0.25, -0.2) is 0 Å². The van der Waals surface area contributed by atoms with Crippen molar-refractivity contribution in [2.75, 3.05) is 0 Å². The van der Waals surface area contributed by atoms with Crippen LogP contribution in [-0.4, -0.2) is 9.78 Å². The van der Waals surface area contributed by atoms with Crippen LogP contribution in [0.2, 0.25) is 5.02 Å². The number of hydrogen-bond acceptors (Lipinski definition) is 3. The molecule has 0 aliphatic rings. The summed E-state index contributed by atoms with van der Waals surface area (Å²) in [7, 11) is 1.89. The predicted octanol–water partition coefficient (Wildman–Crippen LogP) is 3.45. The van der Waals surface area contributed by atoms with Crippen LogP contribution < -0.4 is 5.73 Å². The summed E-state index contributed by atoms with van der Waals surface area (Å²) < 4.78 is 2.90. The zero-order chi connectivity index (χ0) is 12.6. The summed E-state index contributed by atoms with van der Waals surface area (Å²) in [4.78, 5) is 1.15. The lowest BCUT2D eigenvalue weighted by Gasteiger charge is -2.10. The van der Waals surface area contributed by atoms with Gasteiger partial charge in [-0.05, 0) is 35.0 Å². The second-order valence-corrected chi connectivity index (χ2v) is 6.79. The fraction of sp³-hybridized carbons (Fsp3) is 0.364. The Morgan fingerprint density at radius 1 is 1.59 bits per heavy atom. The molecule has 0 amide bonds. The summed E-state index contributed by atoms with van der Waals surface area (Å²) in [5.74, 6) is 0. The van der Waals surface area contributed by atoms with Crippen LogP contribution in [0.3, 0.4) is 0 Å². The highest BCUT2D eigenvalue weighted by Crippen LogP contribution is 2.30. The van der Waals surface area contributed by atoms with Crippen LogP contribution >= 0.6 is 38.9 Å². The van der Waals surface area contributed by atoms with Crippen LogP contribution in [-0.2, 0) is 13.5 Å². The highest BCUT2D eigenvalue weighted by molar-refractivity contribution is 9.11. The number of hydrogen-bond donors (Lipinski definition) is 1. The predicted molar refractivity (Wildman–Crippen MR) is 75.6 cm³/mol. The highest BCUT2D eigenvalue weighted by atomic mass is 79.9. The first-order valence-electron chi connectivity index (χ1n) is 5.18. The third-order valence-corrected chi connectivity index (χ3v) is 4.88. The zero-order valence-electron chi connectivity index (χ0n) is 9.58. The number of nitrogens with two attached hydrogens (primary N) is 1. The maximum atomic E-state index is 6.21. The van der Waals surface area contributed by atoms with Crippen LogP contribution in [0, 0.1) is 6.92 Å². The Bertz CT molecular complexity index is 535. The molecule has 2 aromatic heterocycles. The number of rotatable bonds is 3. The van der Waals surface area contributed by atoms with Crippen LogP contribution in [0.25, 0.3) is 0 Å². The minimum Gasteiger partial charge on any atom is -0.323 e. The first-order valence-corrected chi connectivity index (χ1v) is 7.16. The Balaban J connectivity index is 2.21. The molecule has 0 bridgehead atoms. The maximum Gasteiger partial charge on any atom is 0.0847 e. The average molecular weight is 335 g/mol. The van der Waals surface area contributed by atoms with Crippen molar-refractivity contribution >= 4 is 38.9 Å². The largest absolute Gasteiger partial charge is 0.323 e. The van der Waals surface area contributed by atoms with Gasteiger partial charge in [0.15, 0.2) is 0 Å². The second kappa shape index (κ2) is 5.10. The van der Waals surface area contributed by atoms with Crippen LogP contribution in [0.4, 0.5) is 0 Å². The van der Waals surface area contributed by atoms with Crippen LogP contribution in [0.15, 0.2) is 15.9 Å². The van der Waals surface area contributed by atoms with Gasteiger partial charge < -0.3 is 5.73 Å². The van der Waals surface area contributed by atoms with Crippen LogP contribution in [0.1, 0.15) is 22.3 Å². The fourth-order valence-electron chi connectivity index (χ4n) is 1.74. The van der Waals surface area contributed by atoms with E-state index >= 15 is 0 Å². The molecule has 2 heterocycles. The monoisotopic (exact) mass is 333 g/mol. The van der Waals surface area contributed by atoms with Gasteiger partial charge in [-0.3, -0.25) is 4.68 Å². The summed E-state index contributed by atoms with van der Waals surface area (Å²) in [5, 5.41) is 5.01. The van der Waals surface area contributed by atoms with Crippen molar-refractivity contribution in [1.29, 1.82) is 0 Å². The minimum absolute atomic E-state index is 0.0430. The van der Waals surface area contributed by atoms with E-state index in [0.717, 1.165) is 25.1 Å². The van der Waals surface area contributed by atoms with Gasteiger partial charge in [-0.1, -0.05) is 11.6 Å².